The maximum atomic E-state index is 5.61. The molecule has 2 saturated heterocycles. The predicted molar refractivity (Wildman–Crippen MR) is 102 cm³/mol. The average molecular weight is 350 g/mol. The number of aromatic nitrogens is 2. The zero-order valence-corrected chi connectivity index (χ0v) is 15.4. The zero-order valence-electron chi connectivity index (χ0n) is 15.4. The van der Waals surface area contributed by atoms with Crippen molar-refractivity contribution in [1.82, 2.24) is 14.9 Å². The van der Waals surface area contributed by atoms with Gasteiger partial charge in [-0.2, -0.15) is 0 Å². The quantitative estimate of drug-likeness (QED) is 0.847. The van der Waals surface area contributed by atoms with Gasteiger partial charge < -0.3 is 14.5 Å². The number of likely N-dealkylation sites (tertiary alicyclic amines) is 1. The van der Waals surface area contributed by atoms with Gasteiger partial charge in [0.25, 0.3) is 0 Å². The van der Waals surface area contributed by atoms with Crippen LogP contribution in [0.1, 0.15) is 16.8 Å². The van der Waals surface area contributed by atoms with Crippen LogP contribution in [0.4, 0.5) is 5.82 Å². The van der Waals surface area contributed by atoms with Crippen molar-refractivity contribution < 1.29 is 4.74 Å². The molecular weight excluding hydrogens is 324 g/mol. The van der Waals surface area contributed by atoms with Crippen molar-refractivity contribution in [2.24, 2.45) is 11.8 Å². The van der Waals surface area contributed by atoms with Gasteiger partial charge in [0.2, 0.25) is 0 Å². The van der Waals surface area contributed by atoms with Crippen LogP contribution in [0.15, 0.2) is 30.6 Å². The van der Waals surface area contributed by atoms with E-state index < -0.39 is 0 Å². The van der Waals surface area contributed by atoms with Gasteiger partial charge in [-0.3, -0.25) is 0 Å². The third-order valence-corrected chi connectivity index (χ3v) is 6.15. The highest BCUT2D eigenvalue weighted by atomic mass is 16.5. The third kappa shape index (κ3) is 3.05. The molecule has 0 N–H and O–H groups in total. The van der Waals surface area contributed by atoms with Crippen molar-refractivity contribution in [3.05, 3.63) is 47.4 Å². The topological polar surface area (TPSA) is 41.5 Å². The SMILES string of the molecule is Cc1cc(N2CC3CN(CCc4ccc5c(c4)CCO5)CC3C2)ncn1. The van der Waals surface area contributed by atoms with Crippen molar-refractivity contribution in [1.29, 1.82) is 0 Å². The molecule has 26 heavy (non-hydrogen) atoms. The Morgan fingerprint density at radius 3 is 2.73 bits per heavy atom. The highest BCUT2D eigenvalue weighted by Crippen LogP contribution is 2.33. The molecule has 2 fully saturated rings. The lowest BCUT2D eigenvalue weighted by Gasteiger charge is -2.22. The van der Waals surface area contributed by atoms with Crippen LogP contribution in [-0.4, -0.2) is 54.2 Å². The van der Waals surface area contributed by atoms with E-state index in [2.05, 4.69) is 44.0 Å². The Morgan fingerprint density at radius 1 is 1.08 bits per heavy atom. The molecule has 0 spiro atoms. The van der Waals surface area contributed by atoms with Crippen molar-refractivity contribution >= 4 is 5.82 Å². The molecule has 2 atom stereocenters. The zero-order chi connectivity index (χ0) is 17.5. The molecule has 0 aliphatic carbocycles. The molecule has 5 nitrogen and oxygen atoms in total. The first-order valence-corrected chi connectivity index (χ1v) is 9.75. The van der Waals surface area contributed by atoms with E-state index in [-0.39, 0.29) is 0 Å². The second-order valence-electron chi connectivity index (χ2n) is 7.99. The minimum atomic E-state index is 0.777. The lowest BCUT2D eigenvalue weighted by Crippen LogP contribution is -2.30. The fourth-order valence-electron chi connectivity index (χ4n) is 4.76. The van der Waals surface area contributed by atoms with Gasteiger partial charge in [-0.05, 0) is 42.4 Å². The molecule has 0 radical (unpaired) electrons. The van der Waals surface area contributed by atoms with E-state index in [1.165, 1.54) is 30.8 Å². The minimum Gasteiger partial charge on any atom is -0.493 e. The molecule has 2 unspecified atom stereocenters. The second kappa shape index (κ2) is 6.54. The Balaban J connectivity index is 1.16. The largest absolute Gasteiger partial charge is 0.493 e. The van der Waals surface area contributed by atoms with Crippen LogP contribution in [0.5, 0.6) is 5.75 Å². The van der Waals surface area contributed by atoms with E-state index in [0.717, 1.165) is 61.6 Å². The number of hydrogen-bond donors (Lipinski definition) is 0. The summed E-state index contributed by atoms with van der Waals surface area (Å²) in [7, 11) is 0. The molecule has 3 aliphatic heterocycles. The number of hydrogen-bond acceptors (Lipinski definition) is 5. The summed E-state index contributed by atoms with van der Waals surface area (Å²) in [4.78, 5) is 13.8. The van der Waals surface area contributed by atoms with Crippen LogP contribution >= 0.6 is 0 Å². The first-order chi connectivity index (χ1) is 12.7. The predicted octanol–water partition coefficient (Wildman–Crippen LogP) is 2.33. The van der Waals surface area contributed by atoms with E-state index in [0.29, 0.717) is 0 Å². The Kier molecular flexibility index (Phi) is 4.04. The summed E-state index contributed by atoms with van der Waals surface area (Å²) in [6.45, 7) is 8.75. The summed E-state index contributed by atoms with van der Waals surface area (Å²) in [5, 5.41) is 0. The number of ether oxygens (including phenoxy) is 1. The molecule has 5 rings (SSSR count). The highest BCUT2D eigenvalue weighted by molar-refractivity contribution is 5.41. The Bertz CT molecular complexity index is 794. The molecule has 4 heterocycles. The average Bonchev–Trinajstić information content (AvgIpc) is 3.33. The molecule has 1 aromatic heterocycles. The van der Waals surface area contributed by atoms with Gasteiger partial charge in [-0.1, -0.05) is 12.1 Å². The second-order valence-corrected chi connectivity index (χ2v) is 7.99. The number of anilines is 1. The van der Waals surface area contributed by atoms with Gasteiger partial charge in [0.1, 0.15) is 17.9 Å². The molecule has 136 valence electrons. The van der Waals surface area contributed by atoms with Crippen LogP contribution < -0.4 is 9.64 Å². The molecule has 0 bridgehead atoms. The van der Waals surface area contributed by atoms with Crippen molar-refractivity contribution in [3.8, 4) is 5.75 Å². The smallest absolute Gasteiger partial charge is 0.132 e. The normalized spacial score (nSPS) is 24.6. The summed E-state index contributed by atoms with van der Waals surface area (Å²) in [6.07, 6.45) is 3.89. The molecule has 3 aliphatic rings. The first kappa shape index (κ1) is 16.1. The van der Waals surface area contributed by atoms with Crippen LogP contribution in [-0.2, 0) is 12.8 Å². The van der Waals surface area contributed by atoms with Gasteiger partial charge in [0.15, 0.2) is 0 Å². The molecule has 0 amide bonds. The number of nitrogens with zero attached hydrogens (tertiary/aromatic N) is 4. The summed E-state index contributed by atoms with van der Waals surface area (Å²) in [5.41, 5.74) is 3.88. The molecule has 1 aromatic carbocycles. The van der Waals surface area contributed by atoms with Crippen molar-refractivity contribution in [2.75, 3.05) is 44.2 Å². The van der Waals surface area contributed by atoms with Gasteiger partial charge in [0, 0.05) is 50.9 Å². The lowest BCUT2D eigenvalue weighted by molar-refractivity contribution is 0.320. The van der Waals surface area contributed by atoms with Gasteiger partial charge >= 0.3 is 0 Å². The lowest BCUT2D eigenvalue weighted by atomic mass is 10.0. The summed E-state index contributed by atoms with van der Waals surface area (Å²) >= 11 is 0. The standard InChI is InChI=1S/C21H26N4O/c1-15-8-21(23-14-22-15)25-12-18-10-24(11-19(18)13-25)6-4-16-2-3-20-17(9-16)5-7-26-20/h2-3,8-9,14,18-19H,4-7,10-13H2,1H3. The van der Waals surface area contributed by atoms with E-state index in [1.807, 2.05) is 6.92 Å². The first-order valence-electron chi connectivity index (χ1n) is 9.75. The number of rotatable bonds is 4. The van der Waals surface area contributed by atoms with Crippen LogP contribution in [0.3, 0.4) is 0 Å². The highest BCUT2D eigenvalue weighted by Gasteiger charge is 2.40. The van der Waals surface area contributed by atoms with Crippen LogP contribution in [0, 0.1) is 18.8 Å². The number of benzene rings is 1. The number of aryl methyl sites for hydroxylation is 1. The van der Waals surface area contributed by atoms with Crippen molar-refractivity contribution in [3.63, 3.8) is 0 Å². The molecule has 5 heteroatoms. The molecule has 0 saturated carbocycles. The van der Waals surface area contributed by atoms with Gasteiger partial charge in [-0.25, -0.2) is 9.97 Å². The van der Waals surface area contributed by atoms with E-state index >= 15 is 0 Å². The van der Waals surface area contributed by atoms with E-state index in [1.54, 1.807) is 6.33 Å². The van der Waals surface area contributed by atoms with Gasteiger partial charge in [0.05, 0.1) is 6.61 Å². The van der Waals surface area contributed by atoms with Crippen LogP contribution in [0.25, 0.3) is 0 Å². The maximum Gasteiger partial charge on any atom is 0.132 e. The third-order valence-electron chi connectivity index (χ3n) is 6.15. The fraction of sp³-hybridized carbons (Fsp3) is 0.524. The Hall–Kier alpha value is -2.14. The Morgan fingerprint density at radius 2 is 1.92 bits per heavy atom. The minimum absolute atomic E-state index is 0.777. The molecular formula is C21H26N4O. The summed E-state index contributed by atoms with van der Waals surface area (Å²) < 4.78 is 5.61. The summed E-state index contributed by atoms with van der Waals surface area (Å²) in [5.74, 6) is 3.74. The molecule has 2 aromatic rings. The number of fused-ring (bicyclic) bond motifs is 2. The summed E-state index contributed by atoms with van der Waals surface area (Å²) in [6, 6.07) is 8.84. The van der Waals surface area contributed by atoms with E-state index in [9.17, 15) is 0 Å². The maximum absolute atomic E-state index is 5.61. The van der Waals surface area contributed by atoms with Crippen LogP contribution in [0.2, 0.25) is 0 Å². The monoisotopic (exact) mass is 350 g/mol. The van der Waals surface area contributed by atoms with Gasteiger partial charge in [-0.15, -0.1) is 0 Å². The Labute approximate surface area is 155 Å². The van der Waals surface area contributed by atoms with Crippen molar-refractivity contribution in [2.45, 2.75) is 19.8 Å². The fourth-order valence-corrected chi connectivity index (χ4v) is 4.76. The van der Waals surface area contributed by atoms with E-state index in [4.69, 9.17) is 4.74 Å².